The lowest BCUT2D eigenvalue weighted by Crippen LogP contribution is -2.35. The van der Waals surface area contributed by atoms with Crippen LogP contribution in [0.25, 0.3) is 0 Å². The standard InChI is InChI=1S/C10H15N2O16P3/c13-5-1-7(12-2-4(9(15)16)8(14)11-10(12)17)26-6(5)3-25-30(21,22)28-31(23,24)27-29(18,19)20/h2,5-7,13H,1,3H2,(H,15,16)(H,21,22)(H,23,24)(H,11,14,17)(H2,18,19,20). The zero-order chi connectivity index (χ0) is 23.8. The van der Waals surface area contributed by atoms with Crippen LogP contribution < -0.4 is 11.2 Å². The van der Waals surface area contributed by atoms with E-state index in [0.29, 0.717) is 10.8 Å². The molecule has 5 unspecified atom stereocenters. The molecular weight excluding hydrogens is 497 g/mol. The fourth-order valence-electron chi connectivity index (χ4n) is 2.36. The van der Waals surface area contributed by atoms with Crippen LogP contribution in [-0.4, -0.2) is 64.1 Å². The lowest BCUT2D eigenvalue weighted by Gasteiger charge is -2.19. The van der Waals surface area contributed by atoms with E-state index in [0.717, 1.165) is 0 Å². The third-order valence-electron chi connectivity index (χ3n) is 3.53. The summed E-state index contributed by atoms with van der Waals surface area (Å²) in [5.41, 5.74) is -3.08. The molecule has 1 saturated heterocycles. The smallest absolute Gasteiger partial charge is 0.477 e. The summed E-state index contributed by atoms with van der Waals surface area (Å²) in [5, 5.41) is 18.9. The molecule has 0 aromatic carbocycles. The van der Waals surface area contributed by atoms with Crippen LogP contribution in [0.5, 0.6) is 0 Å². The Labute approximate surface area is 170 Å². The Bertz CT molecular complexity index is 1100. The molecule has 0 saturated carbocycles. The van der Waals surface area contributed by atoms with Gasteiger partial charge in [0.05, 0.1) is 12.7 Å². The zero-order valence-electron chi connectivity index (χ0n) is 14.8. The van der Waals surface area contributed by atoms with E-state index in [-0.39, 0.29) is 6.42 Å². The summed E-state index contributed by atoms with van der Waals surface area (Å²) in [6, 6.07) is 0. The number of H-pyrrole nitrogens is 1. The lowest BCUT2D eigenvalue weighted by atomic mass is 10.2. The minimum absolute atomic E-state index is 0.366. The molecule has 0 radical (unpaired) electrons. The normalized spacial score (nSPS) is 25.6. The van der Waals surface area contributed by atoms with Crippen molar-refractivity contribution in [2.75, 3.05) is 6.61 Å². The quantitative estimate of drug-likeness (QED) is 0.180. The summed E-state index contributed by atoms with van der Waals surface area (Å²) in [6.45, 7) is -0.995. The highest BCUT2D eigenvalue weighted by molar-refractivity contribution is 7.66. The second-order valence-electron chi connectivity index (χ2n) is 5.83. The SMILES string of the molecule is O=C(O)c1cn(C2CC(O)C(COP(=O)(O)OP(=O)(O)OP(=O)(O)O)O2)c(=O)[nH]c1=O. The van der Waals surface area contributed by atoms with Crippen LogP contribution in [-0.2, 0) is 31.6 Å². The van der Waals surface area contributed by atoms with E-state index in [1.807, 2.05) is 0 Å². The predicted octanol–water partition coefficient (Wildman–Crippen LogP) is -1.77. The predicted molar refractivity (Wildman–Crippen MR) is 92.6 cm³/mol. The number of nitrogens with zero attached hydrogens (tertiary/aromatic N) is 1. The van der Waals surface area contributed by atoms with E-state index in [1.165, 1.54) is 0 Å². The van der Waals surface area contributed by atoms with Crippen molar-refractivity contribution in [2.45, 2.75) is 24.9 Å². The van der Waals surface area contributed by atoms with Crippen LogP contribution in [0, 0.1) is 0 Å². The van der Waals surface area contributed by atoms with Crippen LogP contribution in [0.3, 0.4) is 0 Å². The Morgan fingerprint density at radius 3 is 2.32 bits per heavy atom. The highest BCUT2D eigenvalue weighted by Gasteiger charge is 2.43. The summed E-state index contributed by atoms with van der Waals surface area (Å²) in [6.07, 6.45) is -3.97. The number of aromatic nitrogens is 2. The molecule has 176 valence electrons. The van der Waals surface area contributed by atoms with E-state index in [2.05, 4.69) is 13.1 Å². The van der Waals surface area contributed by atoms with Gasteiger partial charge in [0, 0.05) is 12.6 Å². The number of hydrogen-bond donors (Lipinski definition) is 7. The van der Waals surface area contributed by atoms with E-state index >= 15 is 0 Å². The summed E-state index contributed by atoms with van der Waals surface area (Å²) in [7, 11) is -16.8. The van der Waals surface area contributed by atoms with Gasteiger partial charge in [0.2, 0.25) is 0 Å². The Morgan fingerprint density at radius 2 is 1.77 bits per heavy atom. The molecule has 1 aromatic heterocycles. The van der Waals surface area contributed by atoms with Crippen molar-refractivity contribution in [3.05, 3.63) is 32.6 Å². The molecule has 5 atom stereocenters. The number of carbonyl (C=O) groups is 1. The van der Waals surface area contributed by atoms with Gasteiger partial charge >= 0.3 is 35.1 Å². The maximum Gasteiger partial charge on any atom is 0.490 e. The molecule has 0 aliphatic carbocycles. The molecule has 1 aliphatic rings. The minimum Gasteiger partial charge on any atom is -0.477 e. The number of aromatic carboxylic acids is 1. The summed E-state index contributed by atoms with van der Waals surface area (Å²) >= 11 is 0. The topological polar surface area (TPSA) is 281 Å². The van der Waals surface area contributed by atoms with E-state index < -0.39 is 71.3 Å². The first-order chi connectivity index (χ1) is 14.0. The first kappa shape index (κ1) is 25.7. The largest absolute Gasteiger partial charge is 0.490 e. The van der Waals surface area contributed by atoms with Gasteiger partial charge in [-0.1, -0.05) is 0 Å². The molecule has 2 rings (SSSR count). The molecule has 21 heteroatoms. The number of hydrogen-bond acceptors (Lipinski definition) is 11. The molecule has 0 spiro atoms. The zero-order valence-corrected chi connectivity index (χ0v) is 17.5. The summed E-state index contributed by atoms with van der Waals surface area (Å²) in [4.78, 5) is 71.4. The number of carboxylic acids is 1. The number of aliphatic hydroxyl groups excluding tert-OH is 1. The van der Waals surface area contributed by atoms with Gasteiger partial charge in [0.25, 0.3) is 5.56 Å². The van der Waals surface area contributed by atoms with Crippen molar-refractivity contribution in [1.82, 2.24) is 9.55 Å². The van der Waals surface area contributed by atoms with Gasteiger partial charge in [0.1, 0.15) is 17.9 Å². The van der Waals surface area contributed by atoms with Crippen molar-refractivity contribution in [2.24, 2.45) is 0 Å². The number of aliphatic hydroxyl groups is 1. The van der Waals surface area contributed by atoms with Gasteiger partial charge in [-0.2, -0.15) is 8.62 Å². The van der Waals surface area contributed by atoms with Crippen molar-refractivity contribution in [1.29, 1.82) is 0 Å². The second kappa shape index (κ2) is 9.15. The Morgan fingerprint density at radius 1 is 1.16 bits per heavy atom. The second-order valence-corrected chi connectivity index (χ2v) is 10.3. The van der Waals surface area contributed by atoms with Crippen LogP contribution in [0.2, 0.25) is 0 Å². The molecule has 1 aromatic rings. The van der Waals surface area contributed by atoms with Gasteiger partial charge in [-0.3, -0.25) is 18.9 Å². The summed E-state index contributed by atoms with van der Waals surface area (Å²) in [5.74, 6) is -1.65. The molecule has 1 fully saturated rings. The average molecular weight is 512 g/mol. The first-order valence-corrected chi connectivity index (χ1v) is 12.2. The number of carboxylic acid groups (broad SMARTS) is 1. The number of rotatable bonds is 9. The Balaban J connectivity index is 2.08. The van der Waals surface area contributed by atoms with Crippen molar-refractivity contribution < 1.29 is 66.2 Å². The molecule has 7 N–H and O–H groups in total. The van der Waals surface area contributed by atoms with Gasteiger partial charge in [-0.05, 0) is 0 Å². The van der Waals surface area contributed by atoms with Crippen molar-refractivity contribution >= 4 is 29.4 Å². The Hall–Kier alpha value is -1.52. The Kier molecular flexibility index (Phi) is 7.60. The number of nitrogens with one attached hydrogen (secondary N) is 1. The maximum atomic E-state index is 11.9. The molecule has 18 nitrogen and oxygen atoms in total. The number of ether oxygens (including phenoxy) is 1. The van der Waals surface area contributed by atoms with Crippen LogP contribution >= 0.6 is 23.5 Å². The van der Waals surface area contributed by atoms with Crippen LogP contribution in [0.15, 0.2) is 15.8 Å². The highest BCUT2D eigenvalue weighted by Crippen LogP contribution is 2.66. The van der Waals surface area contributed by atoms with Crippen molar-refractivity contribution in [3.63, 3.8) is 0 Å². The number of phosphoric acid groups is 3. The van der Waals surface area contributed by atoms with E-state index in [4.69, 9.17) is 24.5 Å². The third kappa shape index (κ3) is 7.25. The van der Waals surface area contributed by atoms with Crippen molar-refractivity contribution in [3.8, 4) is 0 Å². The minimum atomic E-state index is -5.74. The molecule has 31 heavy (non-hydrogen) atoms. The highest BCUT2D eigenvalue weighted by atomic mass is 31.3. The van der Waals surface area contributed by atoms with E-state index in [1.54, 1.807) is 4.98 Å². The maximum absolute atomic E-state index is 11.9. The lowest BCUT2D eigenvalue weighted by molar-refractivity contribution is -0.0450. The molecule has 1 aliphatic heterocycles. The number of phosphoric ester groups is 1. The van der Waals surface area contributed by atoms with E-state index in [9.17, 15) is 38.1 Å². The van der Waals surface area contributed by atoms with Gasteiger partial charge < -0.3 is 34.5 Å². The monoisotopic (exact) mass is 512 g/mol. The van der Waals surface area contributed by atoms with Gasteiger partial charge in [-0.15, -0.1) is 0 Å². The van der Waals surface area contributed by atoms with Crippen LogP contribution in [0.1, 0.15) is 23.0 Å². The average Bonchev–Trinajstić information content (AvgIpc) is 2.90. The van der Waals surface area contributed by atoms with Gasteiger partial charge in [0.15, 0.2) is 0 Å². The fraction of sp³-hybridized carbons (Fsp3) is 0.500. The van der Waals surface area contributed by atoms with Crippen LogP contribution in [0.4, 0.5) is 0 Å². The third-order valence-corrected chi connectivity index (χ3v) is 7.33. The molecular formula is C10H15N2O16P3. The molecule has 2 heterocycles. The fourth-order valence-corrected chi connectivity index (χ4v) is 5.39. The molecule has 0 amide bonds. The summed E-state index contributed by atoms with van der Waals surface area (Å²) < 4.78 is 50.7. The first-order valence-electron chi connectivity index (χ1n) is 7.70. The molecule has 0 bridgehead atoms. The number of aromatic amines is 1. The van der Waals surface area contributed by atoms with Gasteiger partial charge in [-0.25, -0.2) is 23.3 Å².